The molecule has 136 valence electrons. The number of rotatable bonds is 6. The quantitative estimate of drug-likeness (QED) is 0.766. The van der Waals surface area contributed by atoms with Gasteiger partial charge in [-0.05, 0) is 24.3 Å². The highest BCUT2D eigenvalue weighted by atomic mass is 16.5. The van der Waals surface area contributed by atoms with Gasteiger partial charge in [0, 0.05) is 37.8 Å². The summed E-state index contributed by atoms with van der Waals surface area (Å²) in [6.07, 6.45) is 0. The highest BCUT2D eigenvalue weighted by Crippen LogP contribution is 2.20. The third kappa shape index (κ3) is 4.95. The van der Waals surface area contributed by atoms with Crippen LogP contribution in [0.4, 0.5) is 5.69 Å². The van der Waals surface area contributed by atoms with Crippen molar-refractivity contribution in [3.05, 3.63) is 24.3 Å². The molecule has 1 aliphatic heterocycles. The molecule has 0 bridgehead atoms. The SMILES string of the molecule is COc1ccc(N2CCN(C(=O)CNC(=O)C(=O)C(C)C)CC2)cc1. The second-order valence-electron chi connectivity index (χ2n) is 6.27. The van der Waals surface area contributed by atoms with Crippen LogP contribution in [0.2, 0.25) is 0 Å². The maximum Gasteiger partial charge on any atom is 0.288 e. The summed E-state index contributed by atoms with van der Waals surface area (Å²) in [4.78, 5) is 39.2. The Bertz CT molecular complexity index is 620. The molecule has 1 aromatic rings. The molecule has 25 heavy (non-hydrogen) atoms. The zero-order valence-corrected chi connectivity index (χ0v) is 14.9. The average Bonchev–Trinajstić information content (AvgIpc) is 2.65. The second kappa shape index (κ2) is 8.50. The summed E-state index contributed by atoms with van der Waals surface area (Å²) in [6, 6.07) is 7.81. The molecule has 0 aliphatic carbocycles. The molecule has 0 radical (unpaired) electrons. The van der Waals surface area contributed by atoms with Gasteiger partial charge in [-0.25, -0.2) is 0 Å². The van der Waals surface area contributed by atoms with Crippen molar-refractivity contribution in [2.45, 2.75) is 13.8 Å². The third-order valence-electron chi connectivity index (χ3n) is 4.22. The molecule has 0 unspecified atom stereocenters. The van der Waals surface area contributed by atoms with Crippen LogP contribution in [0.5, 0.6) is 5.75 Å². The molecular weight excluding hydrogens is 322 g/mol. The highest BCUT2D eigenvalue weighted by Gasteiger charge is 2.23. The summed E-state index contributed by atoms with van der Waals surface area (Å²) in [5.74, 6) is -0.927. The van der Waals surface area contributed by atoms with E-state index in [1.54, 1.807) is 25.9 Å². The minimum absolute atomic E-state index is 0.139. The van der Waals surface area contributed by atoms with Crippen molar-refractivity contribution in [2.24, 2.45) is 5.92 Å². The summed E-state index contributed by atoms with van der Waals surface area (Å²) < 4.78 is 5.15. The van der Waals surface area contributed by atoms with Gasteiger partial charge in [0.1, 0.15) is 5.75 Å². The van der Waals surface area contributed by atoms with Crippen LogP contribution in [0.3, 0.4) is 0 Å². The lowest BCUT2D eigenvalue weighted by molar-refractivity contribution is -0.141. The Morgan fingerprint density at radius 3 is 2.20 bits per heavy atom. The first kappa shape index (κ1) is 18.8. The first-order valence-corrected chi connectivity index (χ1v) is 8.41. The van der Waals surface area contributed by atoms with Crippen molar-refractivity contribution in [1.29, 1.82) is 0 Å². The van der Waals surface area contributed by atoms with E-state index in [9.17, 15) is 14.4 Å². The maximum atomic E-state index is 12.2. The van der Waals surface area contributed by atoms with Gasteiger partial charge in [0.05, 0.1) is 13.7 Å². The minimum Gasteiger partial charge on any atom is -0.497 e. The van der Waals surface area contributed by atoms with Crippen molar-refractivity contribution in [3.63, 3.8) is 0 Å². The van der Waals surface area contributed by atoms with Gasteiger partial charge in [-0.15, -0.1) is 0 Å². The molecule has 0 spiro atoms. The summed E-state index contributed by atoms with van der Waals surface area (Å²) in [6.45, 7) is 5.77. The first-order chi connectivity index (χ1) is 11.9. The second-order valence-corrected chi connectivity index (χ2v) is 6.27. The van der Waals surface area contributed by atoms with Crippen molar-refractivity contribution < 1.29 is 19.1 Å². The molecule has 0 atom stereocenters. The van der Waals surface area contributed by atoms with E-state index >= 15 is 0 Å². The summed E-state index contributed by atoms with van der Waals surface area (Å²) in [7, 11) is 1.63. The van der Waals surface area contributed by atoms with Crippen LogP contribution in [0.15, 0.2) is 24.3 Å². The van der Waals surface area contributed by atoms with Crippen LogP contribution >= 0.6 is 0 Å². The molecule has 1 N–H and O–H groups in total. The lowest BCUT2D eigenvalue weighted by Gasteiger charge is -2.36. The van der Waals surface area contributed by atoms with Crippen LogP contribution in [0, 0.1) is 5.92 Å². The Morgan fingerprint density at radius 2 is 1.68 bits per heavy atom. The van der Waals surface area contributed by atoms with Crippen LogP contribution in [-0.2, 0) is 14.4 Å². The molecule has 1 aliphatic rings. The molecule has 1 saturated heterocycles. The lowest BCUT2D eigenvalue weighted by atomic mass is 10.1. The number of Topliss-reactive ketones (excluding diaryl/α,β-unsaturated/α-hetero) is 1. The number of ketones is 1. The van der Waals surface area contributed by atoms with Crippen LogP contribution in [0.25, 0.3) is 0 Å². The molecule has 1 fully saturated rings. The van der Waals surface area contributed by atoms with Gasteiger partial charge in [0.25, 0.3) is 5.91 Å². The number of carbonyl (C=O) groups excluding carboxylic acids is 3. The van der Waals surface area contributed by atoms with Gasteiger partial charge in [0.2, 0.25) is 11.7 Å². The Kier molecular flexibility index (Phi) is 6.38. The lowest BCUT2D eigenvalue weighted by Crippen LogP contribution is -2.51. The predicted molar refractivity (Wildman–Crippen MR) is 94.6 cm³/mol. The fourth-order valence-electron chi connectivity index (χ4n) is 2.62. The molecule has 1 aromatic carbocycles. The molecule has 2 rings (SSSR count). The molecule has 2 amide bonds. The Morgan fingerprint density at radius 1 is 1.08 bits per heavy atom. The van der Waals surface area contributed by atoms with Crippen LogP contribution in [0.1, 0.15) is 13.8 Å². The van der Waals surface area contributed by atoms with Gasteiger partial charge in [0.15, 0.2) is 0 Å². The van der Waals surface area contributed by atoms with Crippen molar-refractivity contribution in [2.75, 3.05) is 44.7 Å². The van der Waals surface area contributed by atoms with E-state index < -0.39 is 11.7 Å². The Hall–Kier alpha value is -2.57. The highest BCUT2D eigenvalue weighted by molar-refractivity contribution is 6.37. The number of carbonyl (C=O) groups is 3. The summed E-state index contributed by atoms with van der Waals surface area (Å²) in [5.41, 5.74) is 1.09. The number of ether oxygens (including phenoxy) is 1. The Labute approximate surface area is 147 Å². The standard InChI is InChI=1S/C18H25N3O4/c1-13(2)17(23)18(24)19-12-16(22)21-10-8-20(9-11-21)14-4-6-15(25-3)7-5-14/h4-7,13H,8-12H2,1-3H3,(H,19,24). The average molecular weight is 347 g/mol. The largest absolute Gasteiger partial charge is 0.497 e. The topological polar surface area (TPSA) is 79.0 Å². The van der Waals surface area contributed by atoms with Gasteiger partial charge < -0.3 is 19.9 Å². The molecule has 7 nitrogen and oxygen atoms in total. The zero-order chi connectivity index (χ0) is 18.4. The van der Waals surface area contributed by atoms with Gasteiger partial charge in [-0.3, -0.25) is 14.4 Å². The van der Waals surface area contributed by atoms with E-state index in [-0.39, 0.29) is 18.4 Å². The predicted octanol–water partition coefficient (Wildman–Crippen LogP) is 0.685. The van der Waals surface area contributed by atoms with Gasteiger partial charge in [-0.2, -0.15) is 0 Å². The Balaban J connectivity index is 1.79. The normalized spacial score (nSPS) is 14.4. The van der Waals surface area contributed by atoms with Gasteiger partial charge in [-0.1, -0.05) is 13.8 Å². The molecule has 1 heterocycles. The fourth-order valence-corrected chi connectivity index (χ4v) is 2.62. The monoisotopic (exact) mass is 347 g/mol. The van der Waals surface area contributed by atoms with E-state index in [2.05, 4.69) is 10.2 Å². The van der Waals surface area contributed by atoms with Gasteiger partial charge >= 0.3 is 0 Å². The van der Waals surface area contributed by atoms with Crippen molar-refractivity contribution >= 4 is 23.3 Å². The van der Waals surface area contributed by atoms with Crippen molar-refractivity contribution in [1.82, 2.24) is 10.2 Å². The van der Waals surface area contributed by atoms with E-state index in [4.69, 9.17) is 4.74 Å². The molecule has 0 aromatic heterocycles. The number of hydrogen-bond acceptors (Lipinski definition) is 5. The molecular formula is C18H25N3O4. The summed E-state index contributed by atoms with van der Waals surface area (Å²) >= 11 is 0. The number of nitrogens with one attached hydrogen (secondary N) is 1. The summed E-state index contributed by atoms with van der Waals surface area (Å²) in [5, 5.41) is 2.41. The van der Waals surface area contributed by atoms with E-state index in [1.165, 1.54) is 0 Å². The number of anilines is 1. The van der Waals surface area contributed by atoms with Crippen molar-refractivity contribution in [3.8, 4) is 5.75 Å². The van der Waals surface area contributed by atoms with Crippen LogP contribution in [-0.4, -0.2) is 62.3 Å². The number of amides is 2. The number of methoxy groups -OCH3 is 1. The maximum absolute atomic E-state index is 12.2. The van der Waals surface area contributed by atoms with Crippen LogP contribution < -0.4 is 15.0 Å². The minimum atomic E-state index is -0.694. The molecule has 0 saturated carbocycles. The fraction of sp³-hybridized carbons (Fsp3) is 0.500. The zero-order valence-electron chi connectivity index (χ0n) is 14.9. The number of nitrogens with zero attached hydrogens (tertiary/aromatic N) is 2. The molecule has 7 heteroatoms. The smallest absolute Gasteiger partial charge is 0.288 e. The van der Waals surface area contributed by atoms with E-state index in [1.807, 2.05) is 24.3 Å². The first-order valence-electron chi connectivity index (χ1n) is 8.41. The third-order valence-corrected chi connectivity index (χ3v) is 4.22. The number of benzene rings is 1. The number of piperazine rings is 1. The van der Waals surface area contributed by atoms with E-state index in [0.29, 0.717) is 13.1 Å². The van der Waals surface area contributed by atoms with E-state index in [0.717, 1.165) is 24.5 Å². The number of hydrogen-bond donors (Lipinski definition) is 1.